The van der Waals surface area contributed by atoms with Crippen molar-refractivity contribution in [1.29, 1.82) is 0 Å². The smallest absolute Gasteiger partial charge is 0.0475 e. The summed E-state index contributed by atoms with van der Waals surface area (Å²) in [7, 11) is 0. The fourth-order valence-electron chi connectivity index (χ4n) is 1.97. The van der Waals surface area contributed by atoms with Crippen LogP contribution in [-0.4, -0.2) is 11.1 Å². The van der Waals surface area contributed by atoms with Gasteiger partial charge in [-0.2, -0.15) is 0 Å². The van der Waals surface area contributed by atoms with Crippen molar-refractivity contribution in [2.75, 3.05) is 6.54 Å². The van der Waals surface area contributed by atoms with Crippen molar-refractivity contribution < 1.29 is 0 Å². The van der Waals surface area contributed by atoms with E-state index in [-0.39, 0.29) is 0 Å². The molecule has 1 aromatic rings. The second-order valence-electron chi connectivity index (χ2n) is 3.37. The number of nitrogens with zero attached hydrogens (tertiary/aromatic N) is 1. The molecule has 1 aromatic heterocycles. The van der Waals surface area contributed by atoms with Crippen LogP contribution in [-0.2, 0) is 6.54 Å². The van der Waals surface area contributed by atoms with Crippen LogP contribution in [0.15, 0.2) is 18.3 Å². The summed E-state index contributed by atoms with van der Waals surface area (Å²) in [5.41, 5.74) is 1.45. The van der Waals surface area contributed by atoms with Gasteiger partial charge in [-0.1, -0.05) is 0 Å². The largest absolute Gasteiger partial charge is 0.350 e. The van der Waals surface area contributed by atoms with Gasteiger partial charge in [0.05, 0.1) is 0 Å². The lowest BCUT2D eigenvalue weighted by Crippen LogP contribution is -2.16. The van der Waals surface area contributed by atoms with Gasteiger partial charge in [0.25, 0.3) is 0 Å². The fraction of sp³-hybridized carbons (Fsp3) is 0.600. The van der Waals surface area contributed by atoms with Crippen LogP contribution in [0, 0.1) is 0 Å². The predicted molar refractivity (Wildman–Crippen MR) is 50.1 cm³/mol. The monoisotopic (exact) mass is 164 g/mol. The van der Waals surface area contributed by atoms with E-state index in [1.54, 1.807) is 0 Å². The SMILES string of the molecule is CCn1cccc1C1CCCN1. The van der Waals surface area contributed by atoms with Crippen molar-refractivity contribution in [2.24, 2.45) is 0 Å². The Morgan fingerprint density at radius 1 is 1.67 bits per heavy atom. The van der Waals surface area contributed by atoms with Crippen LogP contribution < -0.4 is 5.32 Å². The van der Waals surface area contributed by atoms with Crippen LogP contribution in [0.3, 0.4) is 0 Å². The Bertz CT molecular complexity index is 246. The zero-order chi connectivity index (χ0) is 8.39. The van der Waals surface area contributed by atoms with E-state index in [1.165, 1.54) is 25.1 Å². The Hall–Kier alpha value is -0.760. The van der Waals surface area contributed by atoms with Gasteiger partial charge < -0.3 is 9.88 Å². The highest BCUT2D eigenvalue weighted by Gasteiger charge is 2.17. The molecule has 1 N–H and O–H groups in total. The van der Waals surface area contributed by atoms with Crippen molar-refractivity contribution in [3.8, 4) is 0 Å². The van der Waals surface area contributed by atoms with E-state index in [9.17, 15) is 0 Å². The number of aryl methyl sites for hydroxylation is 1. The third-order valence-corrected chi connectivity index (χ3v) is 2.62. The quantitative estimate of drug-likeness (QED) is 0.706. The van der Waals surface area contributed by atoms with E-state index >= 15 is 0 Å². The molecule has 0 radical (unpaired) electrons. The van der Waals surface area contributed by atoms with Gasteiger partial charge in [0.2, 0.25) is 0 Å². The zero-order valence-corrected chi connectivity index (χ0v) is 7.59. The van der Waals surface area contributed by atoms with E-state index < -0.39 is 0 Å². The third kappa shape index (κ3) is 1.27. The van der Waals surface area contributed by atoms with E-state index in [2.05, 4.69) is 35.1 Å². The van der Waals surface area contributed by atoms with Crippen molar-refractivity contribution >= 4 is 0 Å². The average molecular weight is 164 g/mol. The third-order valence-electron chi connectivity index (χ3n) is 2.62. The molecule has 0 aliphatic carbocycles. The summed E-state index contributed by atoms with van der Waals surface area (Å²) in [6.45, 7) is 4.46. The lowest BCUT2D eigenvalue weighted by Gasteiger charge is -2.12. The molecule has 1 unspecified atom stereocenters. The van der Waals surface area contributed by atoms with Crippen LogP contribution in [0.25, 0.3) is 0 Å². The van der Waals surface area contributed by atoms with Crippen molar-refractivity contribution in [1.82, 2.24) is 9.88 Å². The predicted octanol–water partition coefficient (Wildman–Crippen LogP) is 1.93. The fourth-order valence-corrected chi connectivity index (χ4v) is 1.97. The van der Waals surface area contributed by atoms with E-state index in [0.717, 1.165) is 6.54 Å². The molecular formula is C10H16N2. The van der Waals surface area contributed by atoms with Crippen molar-refractivity contribution in [3.05, 3.63) is 24.0 Å². The van der Waals surface area contributed by atoms with Gasteiger partial charge in [0, 0.05) is 24.5 Å². The minimum atomic E-state index is 0.611. The summed E-state index contributed by atoms with van der Waals surface area (Å²) >= 11 is 0. The molecule has 2 heterocycles. The van der Waals surface area contributed by atoms with Crippen LogP contribution in [0.5, 0.6) is 0 Å². The molecule has 0 amide bonds. The average Bonchev–Trinajstić information content (AvgIpc) is 2.74. The van der Waals surface area contributed by atoms with Crippen molar-refractivity contribution in [3.63, 3.8) is 0 Å². The Morgan fingerprint density at radius 2 is 2.58 bits per heavy atom. The molecule has 2 nitrogen and oxygen atoms in total. The molecule has 66 valence electrons. The number of aromatic nitrogens is 1. The Kier molecular flexibility index (Phi) is 2.17. The lowest BCUT2D eigenvalue weighted by molar-refractivity contribution is 0.577. The van der Waals surface area contributed by atoms with Gasteiger partial charge in [-0.15, -0.1) is 0 Å². The summed E-state index contributed by atoms with van der Waals surface area (Å²) in [4.78, 5) is 0. The minimum Gasteiger partial charge on any atom is -0.350 e. The molecule has 0 bridgehead atoms. The maximum Gasteiger partial charge on any atom is 0.0475 e. The molecule has 0 aromatic carbocycles. The molecule has 1 aliphatic rings. The topological polar surface area (TPSA) is 17.0 Å². The molecule has 2 rings (SSSR count). The molecule has 0 spiro atoms. The molecule has 1 aliphatic heterocycles. The first-order valence-electron chi connectivity index (χ1n) is 4.80. The summed E-state index contributed by atoms with van der Waals surface area (Å²) in [5, 5.41) is 3.51. The normalized spacial score (nSPS) is 23.2. The number of nitrogens with one attached hydrogen (secondary N) is 1. The summed E-state index contributed by atoms with van der Waals surface area (Å²) in [5.74, 6) is 0. The Morgan fingerprint density at radius 3 is 3.25 bits per heavy atom. The zero-order valence-electron chi connectivity index (χ0n) is 7.59. The van der Waals surface area contributed by atoms with Gasteiger partial charge in [0.1, 0.15) is 0 Å². The second-order valence-corrected chi connectivity index (χ2v) is 3.37. The van der Waals surface area contributed by atoms with Gasteiger partial charge in [-0.05, 0) is 38.4 Å². The van der Waals surface area contributed by atoms with Crippen molar-refractivity contribution in [2.45, 2.75) is 32.4 Å². The minimum absolute atomic E-state index is 0.611. The number of hydrogen-bond donors (Lipinski definition) is 1. The van der Waals surface area contributed by atoms with Gasteiger partial charge in [-0.25, -0.2) is 0 Å². The van der Waals surface area contributed by atoms with E-state index in [0.29, 0.717) is 6.04 Å². The van der Waals surface area contributed by atoms with Crippen LogP contribution >= 0.6 is 0 Å². The summed E-state index contributed by atoms with van der Waals surface area (Å²) in [6.07, 6.45) is 4.78. The molecule has 0 saturated carbocycles. The first kappa shape index (κ1) is 7.87. The second kappa shape index (κ2) is 3.31. The highest BCUT2D eigenvalue weighted by atomic mass is 15.0. The summed E-state index contributed by atoms with van der Waals surface area (Å²) < 4.78 is 2.32. The van der Waals surface area contributed by atoms with Gasteiger partial charge in [0.15, 0.2) is 0 Å². The number of hydrogen-bond acceptors (Lipinski definition) is 1. The highest BCUT2D eigenvalue weighted by molar-refractivity contribution is 5.13. The van der Waals surface area contributed by atoms with Crippen LogP contribution in [0.4, 0.5) is 0 Å². The first-order chi connectivity index (χ1) is 5.92. The molecule has 1 atom stereocenters. The molecule has 1 saturated heterocycles. The highest BCUT2D eigenvalue weighted by Crippen LogP contribution is 2.23. The maximum absolute atomic E-state index is 3.51. The summed E-state index contributed by atoms with van der Waals surface area (Å²) in [6, 6.07) is 4.98. The molecule has 12 heavy (non-hydrogen) atoms. The standard InChI is InChI=1S/C10H16N2/c1-2-12-8-4-6-10(12)9-5-3-7-11-9/h4,6,8-9,11H,2-3,5,7H2,1H3. The van der Waals surface area contributed by atoms with Crippen LogP contribution in [0.2, 0.25) is 0 Å². The van der Waals surface area contributed by atoms with E-state index in [1.807, 2.05) is 0 Å². The van der Waals surface area contributed by atoms with E-state index in [4.69, 9.17) is 0 Å². The van der Waals surface area contributed by atoms with Gasteiger partial charge >= 0.3 is 0 Å². The van der Waals surface area contributed by atoms with Crippen LogP contribution in [0.1, 0.15) is 31.5 Å². The lowest BCUT2D eigenvalue weighted by atomic mass is 10.1. The molecular weight excluding hydrogens is 148 g/mol. The van der Waals surface area contributed by atoms with Gasteiger partial charge in [-0.3, -0.25) is 0 Å². The molecule has 1 fully saturated rings. The maximum atomic E-state index is 3.51. The Balaban J connectivity index is 2.19. The Labute approximate surface area is 73.6 Å². The number of rotatable bonds is 2. The molecule has 2 heteroatoms. The first-order valence-corrected chi connectivity index (χ1v) is 4.80.